The number of ether oxygens (including phenoxy) is 2. The highest BCUT2D eigenvalue weighted by molar-refractivity contribution is 5.69. The van der Waals surface area contributed by atoms with E-state index in [0.29, 0.717) is 30.7 Å². The van der Waals surface area contributed by atoms with Gasteiger partial charge in [0.15, 0.2) is 17.3 Å². The third-order valence-corrected chi connectivity index (χ3v) is 4.62. The van der Waals surface area contributed by atoms with Crippen LogP contribution in [-0.2, 0) is 0 Å². The lowest BCUT2D eigenvalue weighted by molar-refractivity contribution is 0.171. The fourth-order valence-corrected chi connectivity index (χ4v) is 3.23. The normalized spacial score (nSPS) is 12.3. The summed E-state index contributed by atoms with van der Waals surface area (Å²) in [4.78, 5) is 9.42. The first-order valence-electron chi connectivity index (χ1n) is 9.77. The fourth-order valence-electron chi connectivity index (χ4n) is 3.23. The molecule has 30 heavy (non-hydrogen) atoms. The first-order valence-corrected chi connectivity index (χ1v) is 9.77. The quantitative estimate of drug-likeness (QED) is 0.471. The predicted octanol–water partition coefficient (Wildman–Crippen LogP) is 5.40. The van der Waals surface area contributed by atoms with Crippen LogP contribution < -0.4 is 20.1 Å². The summed E-state index contributed by atoms with van der Waals surface area (Å²) in [6.45, 7) is 1.12. The van der Waals surface area contributed by atoms with E-state index in [-0.39, 0.29) is 0 Å². The van der Waals surface area contributed by atoms with Crippen LogP contribution in [0.2, 0.25) is 0 Å². The van der Waals surface area contributed by atoms with E-state index >= 15 is 0 Å². The molecule has 2 heterocycles. The van der Waals surface area contributed by atoms with Gasteiger partial charge in [-0.25, -0.2) is 9.97 Å². The van der Waals surface area contributed by atoms with Crippen molar-refractivity contribution in [3.05, 3.63) is 84.9 Å². The molecular weight excluding hydrogens is 376 g/mol. The van der Waals surface area contributed by atoms with Gasteiger partial charge in [-0.15, -0.1) is 0 Å². The Bertz CT molecular complexity index is 1150. The number of nitrogens with one attached hydrogen (secondary N) is 2. The number of rotatable bonds is 5. The summed E-state index contributed by atoms with van der Waals surface area (Å²) < 4.78 is 11.3. The van der Waals surface area contributed by atoms with E-state index < -0.39 is 0 Å². The maximum atomic E-state index is 5.69. The number of nitrogens with zero attached hydrogens (tertiary/aromatic N) is 2. The molecule has 1 aliphatic heterocycles. The summed E-state index contributed by atoms with van der Waals surface area (Å²) in [5.41, 5.74) is 2.77. The Morgan fingerprint density at radius 1 is 0.600 bits per heavy atom. The lowest BCUT2D eigenvalue weighted by Crippen LogP contribution is -2.15. The molecule has 1 aromatic heterocycles. The first kappa shape index (κ1) is 18.0. The van der Waals surface area contributed by atoms with Gasteiger partial charge in [-0.3, -0.25) is 0 Å². The van der Waals surface area contributed by atoms with Gasteiger partial charge in [-0.05, 0) is 24.3 Å². The fraction of sp³-hybridized carbons (Fsp3) is 0.0833. The second kappa shape index (κ2) is 8.13. The number of anilines is 4. The van der Waals surface area contributed by atoms with Crippen molar-refractivity contribution in [2.75, 3.05) is 23.8 Å². The molecule has 0 bridgehead atoms. The summed E-state index contributed by atoms with van der Waals surface area (Å²) in [6.07, 6.45) is 0. The minimum Gasteiger partial charge on any atom is -0.486 e. The molecule has 2 N–H and O–H groups in total. The third-order valence-electron chi connectivity index (χ3n) is 4.62. The van der Waals surface area contributed by atoms with Crippen molar-refractivity contribution in [1.29, 1.82) is 0 Å². The molecule has 0 spiro atoms. The Labute approximate surface area is 174 Å². The van der Waals surface area contributed by atoms with Gasteiger partial charge in [0, 0.05) is 29.1 Å². The van der Waals surface area contributed by atoms with Gasteiger partial charge in [-0.1, -0.05) is 48.5 Å². The number of benzene rings is 3. The number of hydrogen-bond acceptors (Lipinski definition) is 6. The van der Waals surface area contributed by atoms with Crippen LogP contribution >= 0.6 is 0 Å². The summed E-state index contributed by atoms with van der Waals surface area (Å²) in [5, 5.41) is 6.72. The highest BCUT2D eigenvalue weighted by atomic mass is 16.6. The summed E-state index contributed by atoms with van der Waals surface area (Å²) in [7, 11) is 0. The van der Waals surface area contributed by atoms with Gasteiger partial charge in [0.2, 0.25) is 0 Å². The second-order valence-electron chi connectivity index (χ2n) is 6.80. The molecule has 0 aliphatic carbocycles. The van der Waals surface area contributed by atoms with Crippen LogP contribution in [0.5, 0.6) is 11.5 Å². The van der Waals surface area contributed by atoms with Crippen molar-refractivity contribution in [3.8, 4) is 22.9 Å². The number of fused-ring (bicyclic) bond motifs is 1. The van der Waals surface area contributed by atoms with Crippen molar-refractivity contribution in [2.45, 2.75) is 0 Å². The standard InChI is InChI=1S/C24H20N4O2/c1-3-7-17(8-4-1)24-27-22(25-18-9-5-2-6-10-18)16-23(28-24)26-19-11-12-20-21(15-19)30-14-13-29-20/h1-12,15-16H,13-14H2,(H2,25,26,27,28). The van der Waals surface area contributed by atoms with Gasteiger partial charge in [-0.2, -0.15) is 0 Å². The average Bonchev–Trinajstić information content (AvgIpc) is 2.80. The van der Waals surface area contributed by atoms with Crippen molar-refractivity contribution in [2.24, 2.45) is 0 Å². The molecule has 148 valence electrons. The molecule has 0 amide bonds. The smallest absolute Gasteiger partial charge is 0.163 e. The maximum Gasteiger partial charge on any atom is 0.163 e. The highest BCUT2D eigenvalue weighted by Crippen LogP contribution is 2.34. The van der Waals surface area contributed by atoms with Crippen LogP contribution in [0.25, 0.3) is 11.4 Å². The van der Waals surface area contributed by atoms with E-state index in [1.165, 1.54) is 0 Å². The molecule has 3 aromatic carbocycles. The molecule has 5 rings (SSSR count). The van der Waals surface area contributed by atoms with Crippen molar-refractivity contribution < 1.29 is 9.47 Å². The molecule has 0 fully saturated rings. The van der Waals surface area contributed by atoms with Crippen LogP contribution in [-0.4, -0.2) is 23.2 Å². The van der Waals surface area contributed by atoms with E-state index in [4.69, 9.17) is 19.4 Å². The predicted molar refractivity (Wildman–Crippen MR) is 118 cm³/mol. The van der Waals surface area contributed by atoms with Gasteiger partial charge < -0.3 is 20.1 Å². The molecule has 0 radical (unpaired) electrons. The topological polar surface area (TPSA) is 68.3 Å². The first-order chi connectivity index (χ1) is 14.8. The van der Waals surface area contributed by atoms with Gasteiger partial charge in [0.25, 0.3) is 0 Å². The summed E-state index contributed by atoms with van der Waals surface area (Å²) in [6, 6.07) is 27.5. The van der Waals surface area contributed by atoms with Gasteiger partial charge >= 0.3 is 0 Å². The largest absolute Gasteiger partial charge is 0.486 e. The van der Waals surface area contributed by atoms with E-state index in [9.17, 15) is 0 Å². The van der Waals surface area contributed by atoms with Gasteiger partial charge in [0.05, 0.1) is 0 Å². The van der Waals surface area contributed by atoms with E-state index in [1.54, 1.807) is 0 Å². The molecule has 0 saturated carbocycles. The number of para-hydroxylation sites is 1. The van der Waals surface area contributed by atoms with Crippen molar-refractivity contribution in [1.82, 2.24) is 9.97 Å². The number of aromatic nitrogens is 2. The van der Waals surface area contributed by atoms with Gasteiger partial charge in [0.1, 0.15) is 24.8 Å². The Balaban J connectivity index is 1.49. The minimum atomic E-state index is 0.549. The van der Waals surface area contributed by atoms with Crippen molar-refractivity contribution >= 4 is 23.0 Å². The zero-order valence-corrected chi connectivity index (χ0v) is 16.2. The SMILES string of the molecule is c1ccc(Nc2cc(Nc3ccc4c(c3)OCCO4)nc(-c3ccccc3)n2)cc1. The molecular formula is C24H20N4O2. The molecule has 6 nitrogen and oxygen atoms in total. The minimum absolute atomic E-state index is 0.549. The molecule has 0 unspecified atom stereocenters. The Morgan fingerprint density at radius 2 is 1.23 bits per heavy atom. The van der Waals surface area contributed by atoms with Crippen LogP contribution in [0, 0.1) is 0 Å². The maximum absolute atomic E-state index is 5.69. The zero-order chi connectivity index (χ0) is 20.2. The van der Waals surface area contributed by atoms with E-state index in [1.807, 2.05) is 84.9 Å². The monoisotopic (exact) mass is 396 g/mol. The Hall–Kier alpha value is -4.06. The van der Waals surface area contributed by atoms with Crippen LogP contribution in [0.1, 0.15) is 0 Å². The zero-order valence-electron chi connectivity index (χ0n) is 16.2. The molecule has 6 heteroatoms. The molecule has 0 saturated heterocycles. The van der Waals surface area contributed by atoms with E-state index in [0.717, 1.165) is 28.4 Å². The van der Waals surface area contributed by atoms with Crippen LogP contribution in [0.3, 0.4) is 0 Å². The molecule has 0 atom stereocenters. The highest BCUT2D eigenvalue weighted by Gasteiger charge is 2.13. The average molecular weight is 396 g/mol. The Morgan fingerprint density at radius 3 is 1.97 bits per heavy atom. The third kappa shape index (κ3) is 4.03. The number of hydrogen-bond donors (Lipinski definition) is 2. The second-order valence-corrected chi connectivity index (χ2v) is 6.80. The van der Waals surface area contributed by atoms with Crippen molar-refractivity contribution in [3.63, 3.8) is 0 Å². The Kier molecular flexibility index (Phi) is 4.88. The lowest BCUT2D eigenvalue weighted by Gasteiger charge is -2.19. The molecule has 1 aliphatic rings. The van der Waals surface area contributed by atoms with E-state index in [2.05, 4.69) is 10.6 Å². The summed E-state index contributed by atoms with van der Waals surface area (Å²) >= 11 is 0. The lowest BCUT2D eigenvalue weighted by atomic mass is 10.2. The molecule has 4 aromatic rings. The summed E-state index contributed by atoms with van der Waals surface area (Å²) in [5.74, 6) is 3.50. The van der Waals surface area contributed by atoms with Crippen LogP contribution in [0.15, 0.2) is 84.9 Å². The van der Waals surface area contributed by atoms with Crippen LogP contribution in [0.4, 0.5) is 23.0 Å².